The maximum atomic E-state index is 13.7. The van der Waals surface area contributed by atoms with E-state index in [1.807, 2.05) is 0 Å². The Morgan fingerprint density at radius 1 is 1.07 bits per heavy atom. The second-order valence-electron chi connectivity index (χ2n) is 5.47. The summed E-state index contributed by atoms with van der Waals surface area (Å²) in [6.45, 7) is 3.29. The molecular formula is C19H14F2N4O2. The highest BCUT2D eigenvalue weighted by atomic mass is 19.1. The van der Waals surface area contributed by atoms with Crippen LogP contribution in [-0.2, 0) is 4.79 Å². The predicted octanol–water partition coefficient (Wildman–Crippen LogP) is 3.53. The number of benzene rings is 2. The number of anilines is 2. The van der Waals surface area contributed by atoms with Crippen LogP contribution in [0.15, 0.2) is 67.4 Å². The molecule has 0 fully saturated rings. The number of nitrogens with one attached hydrogen (secondary N) is 2. The molecule has 2 aromatic carbocycles. The van der Waals surface area contributed by atoms with Crippen LogP contribution in [0.1, 0.15) is 10.5 Å². The van der Waals surface area contributed by atoms with E-state index in [4.69, 9.17) is 0 Å². The van der Waals surface area contributed by atoms with E-state index in [0.29, 0.717) is 5.69 Å². The van der Waals surface area contributed by atoms with Crippen molar-refractivity contribution in [3.63, 3.8) is 0 Å². The summed E-state index contributed by atoms with van der Waals surface area (Å²) < 4.78 is 28.4. The summed E-state index contributed by atoms with van der Waals surface area (Å²) in [4.78, 5) is 23.7. The minimum absolute atomic E-state index is 0.0836. The van der Waals surface area contributed by atoms with Gasteiger partial charge < -0.3 is 10.6 Å². The van der Waals surface area contributed by atoms with Gasteiger partial charge in [0.15, 0.2) is 5.69 Å². The number of carbonyl (C=O) groups is 2. The van der Waals surface area contributed by atoms with Crippen LogP contribution in [-0.4, -0.2) is 21.6 Å². The van der Waals surface area contributed by atoms with Crippen molar-refractivity contribution in [2.45, 2.75) is 0 Å². The largest absolute Gasteiger partial charge is 0.321 e. The van der Waals surface area contributed by atoms with Crippen molar-refractivity contribution in [1.29, 1.82) is 0 Å². The first-order chi connectivity index (χ1) is 13.0. The van der Waals surface area contributed by atoms with E-state index in [0.717, 1.165) is 12.1 Å². The lowest BCUT2D eigenvalue weighted by Gasteiger charge is -2.08. The Hall–Kier alpha value is -3.81. The summed E-state index contributed by atoms with van der Waals surface area (Å²) in [6.07, 6.45) is 2.52. The van der Waals surface area contributed by atoms with Crippen LogP contribution >= 0.6 is 0 Å². The predicted molar refractivity (Wildman–Crippen MR) is 96.7 cm³/mol. The van der Waals surface area contributed by atoms with Gasteiger partial charge in [-0.15, -0.1) is 0 Å². The third-order valence-corrected chi connectivity index (χ3v) is 3.56. The van der Waals surface area contributed by atoms with Gasteiger partial charge >= 0.3 is 0 Å². The van der Waals surface area contributed by atoms with Gasteiger partial charge in [-0.25, -0.2) is 13.5 Å². The standard InChI is InChI=1S/C19H14F2N4O2/c1-2-18(26)23-17-11-13(6-7-15(17)21)22-19(27)16-8-9-25(24-16)14-5-3-4-12(20)10-14/h2-11H,1H2,(H,22,27)(H,23,26). The number of rotatable bonds is 5. The lowest BCUT2D eigenvalue weighted by atomic mass is 10.2. The van der Waals surface area contributed by atoms with E-state index in [1.54, 1.807) is 6.07 Å². The normalized spacial score (nSPS) is 10.3. The SMILES string of the molecule is C=CC(=O)Nc1cc(NC(=O)c2ccn(-c3cccc(F)c3)n2)ccc1F. The highest BCUT2D eigenvalue weighted by molar-refractivity contribution is 6.04. The van der Waals surface area contributed by atoms with E-state index < -0.39 is 23.4 Å². The molecule has 0 radical (unpaired) electrons. The molecule has 2 N–H and O–H groups in total. The molecular weight excluding hydrogens is 354 g/mol. The van der Waals surface area contributed by atoms with Crippen molar-refractivity contribution in [2.24, 2.45) is 0 Å². The summed E-state index contributed by atoms with van der Waals surface area (Å²) in [5, 5.41) is 8.97. The molecule has 6 nitrogen and oxygen atoms in total. The third-order valence-electron chi connectivity index (χ3n) is 3.56. The van der Waals surface area contributed by atoms with Gasteiger partial charge in [-0.05, 0) is 48.5 Å². The highest BCUT2D eigenvalue weighted by Crippen LogP contribution is 2.20. The lowest BCUT2D eigenvalue weighted by Crippen LogP contribution is -2.14. The Morgan fingerprint density at radius 3 is 2.63 bits per heavy atom. The van der Waals surface area contributed by atoms with Gasteiger partial charge in [-0.3, -0.25) is 9.59 Å². The van der Waals surface area contributed by atoms with Crippen LogP contribution in [0.2, 0.25) is 0 Å². The quantitative estimate of drug-likeness (QED) is 0.677. The summed E-state index contributed by atoms with van der Waals surface area (Å²) in [5.41, 5.74) is 0.717. The summed E-state index contributed by atoms with van der Waals surface area (Å²) in [5.74, 6) is -2.20. The van der Waals surface area contributed by atoms with Crippen molar-refractivity contribution < 1.29 is 18.4 Å². The van der Waals surface area contributed by atoms with E-state index >= 15 is 0 Å². The van der Waals surface area contributed by atoms with Gasteiger partial charge in [-0.1, -0.05) is 12.6 Å². The Morgan fingerprint density at radius 2 is 1.89 bits per heavy atom. The fourth-order valence-electron chi connectivity index (χ4n) is 2.29. The summed E-state index contributed by atoms with van der Waals surface area (Å²) >= 11 is 0. The first kappa shape index (κ1) is 18.0. The fraction of sp³-hybridized carbons (Fsp3) is 0. The van der Waals surface area contributed by atoms with Crippen LogP contribution in [0, 0.1) is 11.6 Å². The Labute approximate surface area is 153 Å². The minimum atomic E-state index is -0.654. The van der Waals surface area contributed by atoms with Gasteiger partial charge in [0.1, 0.15) is 11.6 Å². The van der Waals surface area contributed by atoms with Gasteiger partial charge in [0.05, 0.1) is 11.4 Å². The lowest BCUT2D eigenvalue weighted by molar-refractivity contribution is -0.111. The zero-order chi connectivity index (χ0) is 19.4. The molecule has 0 bridgehead atoms. The van der Waals surface area contributed by atoms with Crippen LogP contribution < -0.4 is 10.6 Å². The molecule has 3 aromatic rings. The zero-order valence-corrected chi connectivity index (χ0v) is 13.9. The van der Waals surface area contributed by atoms with E-state index in [-0.39, 0.29) is 17.1 Å². The maximum Gasteiger partial charge on any atom is 0.276 e. The van der Waals surface area contributed by atoms with Gasteiger partial charge in [0.2, 0.25) is 5.91 Å². The number of carbonyl (C=O) groups excluding carboxylic acids is 2. The van der Waals surface area contributed by atoms with Crippen LogP contribution in [0.5, 0.6) is 0 Å². The van der Waals surface area contributed by atoms with Gasteiger partial charge in [0, 0.05) is 11.9 Å². The molecule has 27 heavy (non-hydrogen) atoms. The minimum Gasteiger partial charge on any atom is -0.321 e. The Kier molecular flexibility index (Phi) is 5.07. The van der Waals surface area contributed by atoms with Crippen molar-refractivity contribution in [3.05, 3.63) is 84.7 Å². The Balaban J connectivity index is 1.77. The molecule has 0 aliphatic heterocycles. The van der Waals surface area contributed by atoms with E-state index in [1.165, 1.54) is 47.3 Å². The second kappa shape index (κ2) is 7.61. The molecule has 136 valence electrons. The molecule has 8 heteroatoms. The van der Waals surface area contributed by atoms with Crippen molar-refractivity contribution in [1.82, 2.24) is 9.78 Å². The number of nitrogens with zero attached hydrogens (tertiary/aromatic N) is 2. The summed E-state index contributed by atoms with van der Waals surface area (Å²) in [6, 6.07) is 11.0. The average Bonchev–Trinajstić information content (AvgIpc) is 3.14. The number of hydrogen-bond acceptors (Lipinski definition) is 3. The first-order valence-electron chi connectivity index (χ1n) is 7.82. The second-order valence-corrected chi connectivity index (χ2v) is 5.47. The van der Waals surface area contributed by atoms with E-state index in [2.05, 4.69) is 22.3 Å². The molecule has 0 aliphatic carbocycles. The molecule has 1 aromatic heterocycles. The topological polar surface area (TPSA) is 76.0 Å². The van der Waals surface area contributed by atoms with Gasteiger partial charge in [0.25, 0.3) is 5.91 Å². The van der Waals surface area contributed by atoms with Crippen LogP contribution in [0.4, 0.5) is 20.2 Å². The highest BCUT2D eigenvalue weighted by Gasteiger charge is 2.13. The average molecular weight is 368 g/mol. The molecule has 0 aliphatic rings. The number of amides is 2. The molecule has 0 saturated heterocycles. The molecule has 2 amide bonds. The fourth-order valence-corrected chi connectivity index (χ4v) is 2.29. The molecule has 0 unspecified atom stereocenters. The Bertz CT molecular complexity index is 1030. The molecule has 0 saturated carbocycles. The first-order valence-corrected chi connectivity index (χ1v) is 7.82. The number of hydrogen-bond donors (Lipinski definition) is 2. The van der Waals surface area contributed by atoms with Crippen molar-refractivity contribution >= 4 is 23.2 Å². The number of halogens is 2. The monoisotopic (exact) mass is 368 g/mol. The van der Waals surface area contributed by atoms with Crippen LogP contribution in [0.25, 0.3) is 5.69 Å². The zero-order valence-electron chi connectivity index (χ0n) is 13.9. The number of aromatic nitrogens is 2. The van der Waals surface area contributed by atoms with Gasteiger partial charge in [-0.2, -0.15) is 5.10 Å². The molecule has 0 atom stereocenters. The molecule has 1 heterocycles. The smallest absolute Gasteiger partial charge is 0.276 e. The van der Waals surface area contributed by atoms with Crippen molar-refractivity contribution in [2.75, 3.05) is 10.6 Å². The maximum absolute atomic E-state index is 13.7. The van der Waals surface area contributed by atoms with Crippen molar-refractivity contribution in [3.8, 4) is 5.69 Å². The van der Waals surface area contributed by atoms with Crippen LogP contribution in [0.3, 0.4) is 0 Å². The third kappa shape index (κ3) is 4.24. The van der Waals surface area contributed by atoms with E-state index in [9.17, 15) is 18.4 Å². The molecule has 0 spiro atoms. The summed E-state index contributed by atoms with van der Waals surface area (Å²) in [7, 11) is 0. The molecule has 3 rings (SSSR count).